The quantitative estimate of drug-likeness (QED) is 0.882. The number of carbonyl (C=O) groups is 1. The fourth-order valence-electron chi connectivity index (χ4n) is 1.99. The highest BCUT2D eigenvalue weighted by molar-refractivity contribution is 5.67. The third kappa shape index (κ3) is 6.60. The molecular formula is C17H27NO2. The van der Waals surface area contributed by atoms with E-state index in [-0.39, 0.29) is 6.09 Å². The molecule has 1 N–H and O–H groups in total. The number of ether oxygens (including phenoxy) is 1. The lowest BCUT2D eigenvalue weighted by molar-refractivity contribution is 0.0515. The van der Waals surface area contributed by atoms with Crippen molar-refractivity contribution in [2.45, 2.75) is 46.6 Å². The highest BCUT2D eigenvalue weighted by atomic mass is 16.6. The predicted octanol–water partition coefficient (Wildman–Crippen LogP) is 4.03. The summed E-state index contributed by atoms with van der Waals surface area (Å²) in [5, 5.41) is 2.88. The molecule has 0 spiro atoms. The summed E-state index contributed by atoms with van der Waals surface area (Å²) in [6.07, 6.45) is 0.630. The molecule has 3 heteroatoms. The van der Waals surface area contributed by atoms with Gasteiger partial charge in [0, 0.05) is 6.54 Å². The molecule has 1 rings (SSSR count). The van der Waals surface area contributed by atoms with Gasteiger partial charge in [-0.3, -0.25) is 0 Å². The van der Waals surface area contributed by atoms with Crippen LogP contribution >= 0.6 is 0 Å². The minimum atomic E-state index is -0.448. The van der Waals surface area contributed by atoms with Crippen LogP contribution < -0.4 is 5.32 Å². The summed E-state index contributed by atoms with van der Waals surface area (Å²) >= 11 is 0. The summed E-state index contributed by atoms with van der Waals surface area (Å²) in [5.41, 5.74) is 0.855. The molecule has 0 radical (unpaired) electrons. The van der Waals surface area contributed by atoms with Gasteiger partial charge in [0.25, 0.3) is 0 Å². The number of benzene rings is 1. The lowest BCUT2D eigenvalue weighted by Gasteiger charge is -2.24. The number of carbonyl (C=O) groups excluding carboxylic acids is 1. The van der Waals surface area contributed by atoms with Gasteiger partial charge in [0.05, 0.1) is 0 Å². The van der Waals surface area contributed by atoms with Gasteiger partial charge in [0.15, 0.2) is 0 Å². The van der Waals surface area contributed by atoms with Gasteiger partial charge in [-0.15, -0.1) is 0 Å². The van der Waals surface area contributed by atoms with Crippen molar-refractivity contribution in [2.24, 2.45) is 11.8 Å². The van der Waals surface area contributed by atoms with Crippen LogP contribution in [0.3, 0.4) is 0 Å². The molecule has 0 aliphatic carbocycles. The maximum Gasteiger partial charge on any atom is 0.407 e. The first-order valence-corrected chi connectivity index (χ1v) is 7.28. The molecular weight excluding hydrogens is 250 g/mol. The molecule has 0 heterocycles. The first-order valence-electron chi connectivity index (χ1n) is 7.28. The Morgan fingerprint density at radius 1 is 1.20 bits per heavy atom. The van der Waals surface area contributed by atoms with Crippen LogP contribution in [0.1, 0.15) is 40.2 Å². The van der Waals surface area contributed by atoms with Gasteiger partial charge < -0.3 is 10.1 Å². The Morgan fingerprint density at radius 2 is 1.80 bits per heavy atom. The van der Waals surface area contributed by atoms with Gasteiger partial charge >= 0.3 is 6.09 Å². The van der Waals surface area contributed by atoms with E-state index in [2.05, 4.69) is 31.3 Å². The van der Waals surface area contributed by atoms with Gasteiger partial charge in [-0.25, -0.2) is 4.79 Å². The van der Waals surface area contributed by atoms with E-state index >= 15 is 0 Å². The summed E-state index contributed by atoms with van der Waals surface area (Å²) in [5.74, 6) is 0.912. The Hall–Kier alpha value is -1.51. The average molecular weight is 277 g/mol. The summed E-state index contributed by atoms with van der Waals surface area (Å²) in [6.45, 7) is 10.6. The highest BCUT2D eigenvalue weighted by Crippen LogP contribution is 2.17. The molecule has 0 bridgehead atoms. The minimum absolute atomic E-state index is 0.337. The lowest BCUT2D eigenvalue weighted by Crippen LogP contribution is -2.37. The molecule has 0 saturated heterocycles. The Balaban J connectivity index is 2.50. The molecule has 112 valence electrons. The molecule has 1 amide bonds. The van der Waals surface area contributed by atoms with Crippen molar-refractivity contribution in [1.29, 1.82) is 0 Å². The topological polar surface area (TPSA) is 38.3 Å². The van der Waals surface area contributed by atoms with E-state index in [1.54, 1.807) is 0 Å². The van der Waals surface area contributed by atoms with Gasteiger partial charge in [0.1, 0.15) is 5.60 Å². The van der Waals surface area contributed by atoms with Gasteiger partial charge in [-0.1, -0.05) is 44.2 Å². The van der Waals surface area contributed by atoms with Gasteiger partial charge in [-0.2, -0.15) is 0 Å². The first kappa shape index (κ1) is 16.5. The molecule has 0 aliphatic rings. The van der Waals surface area contributed by atoms with Crippen molar-refractivity contribution in [2.75, 3.05) is 6.54 Å². The molecule has 1 aromatic carbocycles. The number of hydrogen-bond donors (Lipinski definition) is 1. The predicted molar refractivity (Wildman–Crippen MR) is 82.7 cm³/mol. The number of hydrogen-bond acceptors (Lipinski definition) is 2. The molecule has 0 aromatic heterocycles. The van der Waals surface area contributed by atoms with E-state index < -0.39 is 5.60 Å². The molecule has 1 unspecified atom stereocenters. The third-order valence-corrected chi connectivity index (χ3v) is 3.19. The Bertz CT molecular complexity index is 407. The summed E-state index contributed by atoms with van der Waals surface area (Å²) in [4.78, 5) is 11.7. The van der Waals surface area contributed by atoms with Crippen LogP contribution in [-0.2, 0) is 11.2 Å². The Labute approximate surface area is 122 Å². The lowest BCUT2D eigenvalue weighted by atomic mass is 9.89. The van der Waals surface area contributed by atoms with Crippen molar-refractivity contribution in [3.63, 3.8) is 0 Å². The van der Waals surface area contributed by atoms with E-state index in [9.17, 15) is 4.79 Å². The van der Waals surface area contributed by atoms with Crippen LogP contribution in [0.25, 0.3) is 0 Å². The van der Waals surface area contributed by atoms with Crippen LogP contribution in [-0.4, -0.2) is 18.2 Å². The second-order valence-electron chi connectivity index (χ2n) is 6.58. The van der Waals surface area contributed by atoms with Crippen molar-refractivity contribution in [3.8, 4) is 0 Å². The van der Waals surface area contributed by atoms with Crippen LogP contribution in [0.15, 0.2) is 30.3 Å². The number of rotatable bonds is 5. The number of alkyl carbamates (subject to hydrolysis) is 1. The molecule has 3 nitrogen and oxygen atoms in total. The van der Waals surface area contributed by atoms with E-state index in [4.69, 9.17) is 4.74 Å². The fourth-order valence-corrected chi connectivity index (χ4v) is 1.99. The standard InChI is InChI=1S/C17H27NO2/c1-13(2)15(11-14-9-7-6-8-10-14)12-18-16(19)20-17(3,4)5/h6-10,13,15H,11-12H2,1-5H3,(H,18,19). The van der Waals surface area contributed by atoms with E-state index in [1.165, 1.54) is 5.56 Å². The van der Waals surface area contributed by atoms with Crippen molar-refractivity contribution in [1.82, 2.24) is 5.32 Å². The molecule has 0 aliphatic heterocycles. The maximum absolute atomic E-state index is 11.7. The van der Waals surface area contributed by atoms with Gasteiger partial charge in [-0.05, 0) is 44.6 Å². The molecule has 0 fully saturated rings. The van der Waals surface area contributed by atoms with E-state index in [0.29, 0.717) is 18.4 Å². The van der Waals surface area contributed by atoms with Crippen molar-refractivity contribution >= 4 is 6.09 Å². The summed E-state index contributed by atoms with van der Waals surface area (Å²) < 4.78 is 5.27. The normalized spacial score (nSPS) is 13.1. The first-order chi connectivity index (χ1) is 9.28. The van der Waals surface area contributed by atoms with Crippen LogP contribution in [0, 0.1) is 11.8 Å². The third-order valence-electron chi connectivity index (χ3n) is 3.19. The van der Waals surface area contributed by atoms with Crippen LogP contribution in [0.5, 0.6) is 0 Å². The maximum atomic E-state index is 11.7. The monoisotopic (exact) mass is 277 g/mol. The fraction of sp³-hybridized carbons (Fsp3) is 0.588. The van der Waals surface area contributed by atoms with Gasteiger partial charge in [0.2, 0.25) is 0 Å². The van der Waals surface area contributed by atoms with E-state index in [0.717, 1.165) is 6.42 Å². The average Bonchev–Trinajstić information content (AvgIpc) is 2.33. The zero-order valence-electron chi connectivity index (χ0n) is 13.3. The molecule has 20 heavy (non-hydrogen) atoms. The van der Waals surface area contributed by atoms with Crippen molar-refractivity contribution in [3.05, 3.63) is 35.9 Å². The van der Waals surface area contributed by atoms with Crippen LogP contribution in [0.2, 0.25) is 0 Å². The number of nitrogens with one attached hydrogen (secondary N) is 1. The molecule has 0 saturated carbocycles. The Kier molecular flexibility index (Phi) is 6.05. The molecule has 1 aromatic rings. The molecule has 1 atom stereocenters. The largest absolute Gasteiger partial charge is 0.444 e. The Morgan fingerprint density at radius 3 is 2.30 bits per heavy atom. The second kappa shape index (κ2) is 7.32. The summed E-state index contributed by atoms with van der Waals surface area (Å²) in [6, 6.07) is 10.4. The zero-order chi connectivity index (χ0) is 15.2. The van der Waals surface area contributed by atoms with Crippen LogP contribution in [0.4, 0.5) is 4.79 Å². The zero-order valence-corrected chi connectivity index (χ0v) is 13.3. The highest BCUT2D eigenvalue weighted by Gasteiger charge is 2.19. The smallest absolute Gasteiger partial charge is 0.407 e. The SMILES string of the molecule is CC(C)C(CNC(=O)OC(C)(C)C)Cc1ccccc1. The number of amides is 1. The second-order valence-corrected chi connectivity index (χ2v) is 6.58. The summed E-state index contributed by atoms with van der Waals surface area (Å²) in [7, 11) is 0. The minimum Gasteiger partial charge on any atom is -0.444 e. The van der Waals surface area contributed by atoms with Crippen molar-refractivity contribution < 1.29 is 9.53 Å². The van der Waals surface area contributed by atoms with E-state index in [1.807, 2.05) is 39.0 Å².